The molecule has 1 fully saturated rings. The molecule has 5 nitrogen and oxygen atoms in total. The van der Waals surface area contributed by atoms with Gasteiger partial charge in [0.15, 0.2) is 0 Å². The molecule has 0 unspecified atom stereocenters. The summed E-state index contributed by atoms with van der Waals surface area (Å²) in [5.74, 6) is -1.10. The van der Waals surface area contributed by atoms with Crippen LogP contribution in [0.2, 0.25) is 0 Å². The van der Waals surface area contributed by atoms with Crippen molar-refractivity contribution in [3.63, 3.8) is 0 Å². The Morgan fingerprint density at radius 1 is 1.30 bits per heavy atom. The monoisotopic (exact) mass is 295 g/mol. The molecule has 2 rings (SSSR count). The highest BCUT2D eigenvalue weighted by atomic mass is 32.2. The lowest BCUT2D eigenvalue weighted by molar-refractivity contribution is -0.142. The number of benzene rings is 1. The third-order valence-corrected chi connectivity index (χ3v) is 4.57. The zero-order valence-corrected chi connectivity index (χ0v) is 11.8. The maximum atomic E-state index is 12.0. The summed E-state index contributed by atoms with van der Waals surface area (Å²) in [4.78, 5) is 23.4. The van der Waals surface area contributed by atoms with Crippen LogP contribution in [0, 0.1) is 5.92 Å². The molecule has 1 amide bonds. The molecular weight excluding hydrogens is 278 g/mol. The lowest BCUT2D eigenvalue weighted by Crippen LogP contribution is -2.42. The molecule has 108 valence electrons. The maximum absolute atomic E-state index is 12.0. The van der Waals surface area contributed by atoms with E-state index in [1.54, 1.807) is 24.3 Å². The van der Waals surface area contributed by atoms with Crippen molar-refractivity contribution in [3.8, 4) is 0 Å². The highest BCUT2D eigenvalue weighted by Gasteiger charge is 2.32. The summed E-state index contributed by atoms with van der Waals surface area (Å²) in [5.41, 5.74) is 0. The number of carboxylic acid groups (broad SMARTS) is 1. The van der Waals surface area contributed by atoms with Crippen LogP contribution in [0.5, 0.6) is 0 Å². The van der Waals surface area contributed by atoms with Crippen molar-refractivity contribution in [2.24, 2.45) is 5.92 Å². The van der Waals surface area contributed by atoms with Crippen molar-refractivity contribution >= 4 is 22.7 Å². The highest BCUT2D eigenvalue weighted by Crippen LogP contribution is 2.29. The van der Waals surface area contributed by atoms with Crippen LogP contribution in [0.15, 0.2) is 35.2 Å². The smallest absolute Gasteiger partial charge is 0.326 e. The molecule has 1 aliphatic rings. The van der Waals surface area contributed by atoms with Gasteiger partial charge in [0.1, 0.15) is 6.04 Å². The number of amides is 1. The molecule has 1 aromatic carbocycles. The molecule has 20 heavy (non-hydrogen) atoms. The molecule has 1 aromatic rings. The van der Waals surface area contributed by atoms with Crippen LogP contribution < -0.4 is 5.32 Å². The fourth-order valence-corrected chi connectivity index (χ4v) is 2.95. The molecule has 1 saturated carbocycles. The molecule has 0 aliphatic heterocycles. The Kier molecular flexibility index (Phi) is 4.89. The summed E-state index contributed by atoms with van der Waals surface area (Å²) in [5, 5.41) is 11.6. The van der Waals surface area contributed by atoms with E-state index in [0.717, 1.165) is 12.8 Å². The van der Waals surface area contributed by atoms with Gasteiger partial charge in [-0.3, -0.25) is 9.00 Å². The van der Waals surface area contributed by atoms with Gasteiger partial charge in [-0.05, 0) is 31.4 Å². The normalized spacial score (nSPS) is 17.2. The zero-order chi connectivity index (χ0) is 14.5. The number of carbonyl (C=O) groups is 2. The van der Waals surface area contributed by atoms with Crippen molar-refractivity contribution in [2.75, 3.05) is 5.75 Å². The molecule has 6 heteroatoms. The van der Waals surface area contributed by atoms with Crippen LogP contribution in [0.3, 0.4) is 0 Å². The largest absolute Gasteiger partial charge is 0.480 e. The van der Waals surface area contributed by atoms with E-state index in [0.29, 0.717) is 4.90 Å². The van der Waals surface area contributed by atoms with Gasteiger partial charge < -0.3 is 10.4 Å². The summed E-state index contributed by atoms with van der Waals surface area (Å²) < 4.78 is 12.0. The summed E-state index contributed by atoms with van der Waals surface area (Å²) in [6.45, 7) is 0. The van der Waals surface area contributed by atoms with E-state index in [4.69, 9.17) is 5.11 Å². The van der Waals surface area contributed by atoms with E-state index in [2.05, 4.69) is 5.32 Å². The van der Waals surface area contributed by atoms with Crippen LogP contribution in [0.25, 0.3) is 0 Å². The Hall–Kier alpha value is -1.69. The van der Waals surface area contributed by atoms with Gasteiger partial charge in [0, 0.05) is 16.6 Å². The van der Waals surface area contributed by atoms with Crippen LogP contribution in [0.4, 0.5) is 0 Å². The first-order valence-corrected chi connectivity index (χ1v) is 7.86. The number of aliphatic carboxylic acids is 1. The van der Waals surface area contributed by atoms with Gasteiger partial charge in [0.2, 0.25) is 5.91 Å². The van der Waals surface area contributed by atoms with E-state index in [1.165, 1.54) is 0 Å². The summed E-state index contributed by atoms with van der Waals surface area (Å²) in [6.07, 6.45) is 1.82. The zero-order valence-electron chi connectivity index (χ0n) is 11.0. The molecule has 1 aliphatic carbocycles. The standard InChI is InChI=1S/C14H17NO4S/c16-13(10-6-7-10)15-12(14(17)18)8-9-20(19)11-4-2-1-3-5-11/h1-5,10,12H,6-9H2,(H,15,16)(H,17,18)/t12-,20+/m1/s1. The summed E-state index contributed by atoms with van der Waals surface area (Å²) in [7, 11) is -1.25. The minimum absolute atomic E-state index is 0.0310. The topological polar surface area (TPSA) is 83.5 Å². The second kappa shape index (κ2) is 6.65. The Bertz CT molecular complexity index is 513. The molecule has 2 atom stereocenters. The molecule has 2 N–H and O–H groups in total. The molecule has 0 radical (unpaired) electrons. The molecule has 0 heterocycles. The van der Waals surface area contributed by atoms with Crippen molar-refractivity contribution in [2.45, 2.75) is 30.2 Å². The maximum Gasteiger partial charge on any atom is 0.326 e. The first kappa shape index (κ1) is 14.7. The van der Waals surface area contributed by atoms with Crippen molar-refractivity contribution in [3.05, 3.63) is 30.3 Å². The van der Waals surface area contributed by atoms with Crippen LogP contribution >= 0.6 is 0 Å². The van der Waals surface area contributed by atoms with Gasteiger partial charge in [0.05, 0.1) is 10.8 Å². The van der Waals surface area contributed by atoms with E-state index in [9.17, 15) is 13.8 Å². The minimum Gasteiger partial charge on any atom is -0.480 e. The van der Waals surface area contributed by atoms with Crippen LogP contribution in [0.1, 0.15) is 19.3 Å². The lowest BCUT2D eigenvalue weighted by atomic mass is 10.2. The molecule has 0 aromatic heterocycles. The van der Waals surface area contributed by atoms with Crippen molar-refractivity contribution < 1.29 is 18.9 Å². The van der Waals surface area contributed by atoms with E-state index < -0.39 is 22.8 Å². The van der Waals surface area contributed by atoms with Crippen molar-refractivity contribution in [1.29, 1.82) is 0 Å². The highest BCUT2D eigenvalue weighted by molar-refractivity contribution is 7.85. The van der Waals surface area contributed by atoms with E-state index >= 15 is 0 Å². The van der Waals surface area contributed by atoms with E-state index in [-0.39, 0.29) is 24.0 Å². The van der Waals surface area contributed by atoms with Gasteiger partial charge >= 0.3 is 5.97 Å². The van der Waals surface area contributed by atoms with Gasteiger partial charge in [-0.25, -0.2) is 4.79 Å². The number of hydrogen-bond acceptors (Lipinski definition) is 3. The second-order valence-corrected chi connectivity index (χ2v) is 6.40. The van der Waals surface area contributed by atoms with Crippen LogP contribution in [-0.2, 0) is 20.4 Å². The number of rotatable bonds is 7. The second-order valence-electron chi connectivity index (χ2n) is 4.83. The SMILES string of the molecule is O=C(N[C@H](CC[S@](=O)c1ccccc1)C(=O)O)C1CC1. The number of hydrogen-bond donors (Lipinski definition) is 2. The number of carboxylic acids is 1. The molecule has 0 bridgehead atoms. The predicted molar refractivity (Wildman–Crippen MR) is 74.6 cm³/mol. The fourth-order valence-electron chi connectivity index (χ4n) is 1.81. The Morgan fingerprint density at radius 3 is 2.50 bits per heavy atom. The average Bonchev–Trinajstić information content (AvgIpc) is 3.28. The quantitative estimate of drug-likeness (QED) is 0.791. The molecular formula is C14H17NO4S. The van der Waals surface area contributed by atoms with Gasteiger partial charge in [-0.15, -0.1) is 0 Å². The third-order valence-electron chi connectivity index (χ3n) is 3.16. The number of nitrogens with one attached hydrogen (secondary N) is 1. The Morgan fingerprint density at radius 2 is 1.95 bits per heavy atom. The third kappa shape index (κ3) is 4.16. The summed E-state index contributed by atoms with van der Waals surface area (Å²) in [6, 6.07) is 7.93. The first-order valence-electron chi connectivity index (χ1n) is 6.54. The minimum atomic E-state index is -1.25. The number of carbonyl (C=O) groups excluding carboxylic acids is 1. The van der Waals surface area contributed by atoms with Crippen LogP contribution in [-0.4, -0.2) is 33.0 Å². The molecule has 0 spiro atoms. The first-order chi connectivity index (χ1) is 9.58. The average molecular weight is 295 g/mol. The van der Waals surface area contributed by atoms with Gasteiger partial charge in [-0.1, -0.05) is 18.2 Å². The lowest BCUT2D eigenvalue weighted by Gasteiger charge is -2.14. The fraction of sp³-hybridized carbons (Fsp3) is 0.429. The predicted octanol–water partition coefficient (Wildman–Crippen LogP) is 1.16. The summed E-state index contributed by atoms with van der Waals surface area (Å²) >= 11 is 0. The Labute approximate surface area is 119 Å². The molecule has 0 saturated heterocycles. The van der Waals surface area contributed by atoms with Crippen molar-refractivity contribution in [1.82, 2.24) is 5.32 Å². The van der Waals surface area contributed by atoms with Gasteiger partial charge in [0.25, 0.3) is 0 Å². The Balaban J connectivity index is 1.87. The van der Waals surface area contributed by atoms with Gasteiger partial charge in [-0.2, -0.15) is 0 Å². The van der Waals surface area contributed by atoms with E-state index in [1.807, 2.05) is 6.07 Å².